The Morgan fingerprint density at radius 1 is 1.19 bits per heavy atom. The number of Topliss-reactive ketones (excluding diaryl/α,β-unsaturated/α-hetero) is 1. The van der Waals surface area contributed by atoms with Gasteiger partial charge in [0.15, 0.2) is 0 Å². The van der Waals surface area contributed by atoms with Crippen molar-refractivity contribution in [3.05, 3.63) is 34.4 Å². The Balaban J connectivity index is 1.84. The minimum Gasteiger partial charge on any atom is -0.458 e. The Morgan fingerprint density at radius 2 is 1.86 bits per heavy atom. The molecule has 2 fully saturated rings. The molecule has 7 unspecified atom stereocenters. The number of hydrogen-bond acceptors (Lipinski definition) is 8. The number of cyclic esters (lactones) is 1. The summed E-state index contributed by atoms with van der Waals surface area (Å²) in [5.41, 5.74) is 0.159. The zero-order chi connectivity index (χ0) is 27.7. The third kappa shape index (κ3) is 6.93. The molecule has 2 N–H and O–H groups in total. The third-order valence-corrected chi connectivity index (χ3v) is 8.73. The van der Waals surface area contributed by atoms with Gasteiger partial charge < -0.3 is 19.7 Å². The Morgan fingerprint density at radius 3 is 2.51 bits per heavy atom. The fraction of sp³-hybridized carbons (Fsp3) is 0.679. The van der Waals surface area contributed by atoms with E-state index in [2.05, 4.69) is 6.58 Å². The van der Waals surface area contributed by atoms with Gasteiger partial charge in [-0.1, -0.05) is 52.5 Å². The van der Waals surface area contributed by atoms with Gasteiger partial charge in [0.05, 0.1) is 47.0 Å². The summed E-state index contributed by atoms with van der Waals surface area (Å²) in [4.78, 5) is 39.8. The van der Waals surface area contributed by atoms with E-state index in [-0.39, 0.29) is 36.2 Å². The average molecular weight is 536 g/mol. The van der Waals surface area contributed by atoms with Crippen LogP contribution >= 0.6 is 11.8 Å². The van der Waals surface area contributed by atoms with E-state index >= 15 is 0 Å². The molecule has 3 aliphatic rings. The number of ketones is 1. The summed E-state index contributed by atoms with van der Waals surface area (Å²) >= 11 is 1.36. The van der Waals surface area contributed by atoms with Crippen LogP contribution in [0.25, 0.3) is 0 Å². The molecule has 0 aromatic rings. The van der Waals surface area contributed by atoms with Crippen molar-refractivity contribution >= 4 is 29.4 Å². The summed E-state index contributed by atoms with van der Waals surface area (Å²) in [6, 6.07) is 0. The number of aliphatic hydroxyl groups is 2. The van der Waals surface area contributed by atoms with E-state index in [4.69, 9.17) is 9.47 Å². The predicted molar refractivity (Wildman–Crippen MR) is 142 cm³/mol. The van der Waals surface area contributed by atoms with Crippen LogP contribution in [0.4, 0.5) is 0 Å². The Bertz CT molecular complexity index is 987. The number of hydrogen-bond donors (Lipinski definition) is 2. The molecule has 3 rings (SSSR count). The first-order chi connectivity index (χ1) is 17.2. The molecule has 9 heteroatoms. The maximum Gasteiger partial charge on any atom is 0.309 e. The maximum atomic E-state index is 13.2. The van der Waals surface area contributed by atoms with Crippen molar-refractivity contribution in [2.24, 2.45) is 17.3 Å². The van der Waals surface area contributed by atoms with Crippen LogP contribution < -0.4 is 0 Å². The number of allylic oxidation sites excluding steroid dienone is 1. The van der Waals surface area contributed by atoms with Crippen molar-refractivity contribution in [2.75, 3.05) is 0 Å². The Hall–Kier alpha value is -1.94. The van der Waals surface area contributed by atoms with Gasteiger partial charge in [0.1, 0.15) is 11.9 Å². The largest absolute Gasteiger partial charge is 0.458 e. The van der Waals surface area contributed by atoms with E-state index in [1.807, 2.05) is 25.3 Å². The van der Waals surface area contributed by atoms with Crippen LogP contribution in [0.1, 0.15) is 73.6 Å². The molecule has 0 aromatic heterocycles. The van der Waals surface area contributed by atoms with Crippen molar-refractivity contribution in [3.63, 3.8) is 0 Å². The lowest BCUT2D eigenvalue weighted by Crippen LogP contribution is -2.45. The number of rotatable bonds is 2. The number of carbonyl (C=O) groups is 3. The average Bonchev–Trinajstić information content (AvgIpc) is 3.45. The van der Waals surface area contributed by atoms with Crippen LogP contribution in [0.2, 0.25) is 0 Å². The molecular weight excluding hydrogens is 494 g/mol. The molecule has 3 aliphatic heterocycles. The lowest BCUT2D eigenvalue weighted by atomic mass is 9.73. The minimum absolute atomic E-state index is 0.0459. The fourth-order valence-electron chi connectivity index (χ4n) is 5.17. The van der Waals surface area contributed by atoms with E-state index in [0.717, 1.165) is 24.8 Å². The van der Waals surface area contributed by atoms with Crippen molar-refractivity contribution in [2.45, 2.75) is 104 Å². The van der Waals surface area contributed by atoms with Gasteiger partial charge in [0.2, 0.25) is 5.91 Å². The van der Waals surface area contributed by atoms with Crippen molar-refractivity contribution in [1.29, 1.82) is 0 Å². The van der Waals surface area contributed by atoms with Gasteiger partial charge in [0, 0.05) is 24.7 Å². The molecule has 206 valence electrons. The highest BCUT2D eigenvalue weighted by molar-refractivity contribution is 8.06. The van der Waals surface area contributed by atoms with Gasteiger partial charge in [-0.2, -0.15) is 0 Å². The first-order valence-electron chi connectivity index (χ1n) is 13.0. The van der Waals surface area contributed by atoms with Gasteiger partial charge >= 0.3 is 5.97 Å². The van der Waals surface area contributed by atoms with Crippen LogP contribution in [0.3, 0.4) is 0 Å². The van der Waals surface area contributed by atoms with E-state index < -0.39 is 35.6 Å². The van der Waals surface area contributed by atoms with E-state index in [9.17, 15) is 24.6 Å². The van der Waals surface area contributed by atoms with E-state index in [0.29, 0.717) is 17.1 Å². The molecule has 7 atom stereocenters. The minimum atomic E-state index is -1.27. The number of esters is 1. The Kier molecular flexibility index (Phi) is 9.48. The molecule has 2 saturated heterocycles. The molecule has 0 aliphatic carbocycles. The number of carbonyl (C=O) groups excluding carboxylic acids is 3. The first-order valence-corrected chi connectivity index (χ1v) is 13.9. The lowest BCUT2D eigenvalue weighted by Gasteiger charge is -2.34. The van der Waals surface area contributed by atoms with E-state index in [1.165, 1.54) is 23.6 Å². The van der Waals surface area contributed by atoms with Gasteiger partial charge in [0.25, 0.3) is 0 Å². The van der Waals surface area contributed by atoms with Gasteiger partial charge in [-0.05, 0) is 37.3 Å². The van der Waals surface area contributed by atoms with Crippen molar-refractivity contribution in [1.82, 2.24) is 4.90 Å². The maximum absolute atomic E-state index is 13.2. The van der Waals surface area contributed by atoms with Crippen LogP contribution in [-0.4, -0.2) is 63.3 Å². The molecule has 8 nitrogen and oxygen atoms in total. The number of ether oxygens (including phenoxy) is 2. The standard InChI is InChI=1S/C28H41NO7S/c1-15-9-8-10-21-23(35-21)12-22(16(2)11-20-14-37-19(5)29(20)18(4)30)36-25(32)13-24(31)28(6,7)27(34)17(3)26(15)33/h11,14-15,17,21-24,26,31,33H,5,8-10,12-13H2,1-4,6-7H3. The molecule has 0 bridgehead atoms. The number of nitrogens with zero attached hydrogens (tertiary/aromatic N) is 1. The smallest absolute Gasteiger partial charge is 0.309 e. The lowest BCUT2D eigenvalue weighted by molar-refractivity contribution is -0.154. The number of aliphatic hydroxyl groups excluding tert-OH is 2. The number of fused-ring (bicyclic) bond motifs is 1. The van der Waals surface area contributed by atoms with Crippen LogP contribution in [0.15, 0.2) is 34.4 Å². The zero-order valence-electron chi connectivity index (χ0n) is 22.7. The first kappa shape index (κ1) is 29.6. The van der Waals surface area contributed by atoms with Gasteiger partial charge in [-0.3, -0.25) is 19.3 Å². The van der Waals surface area contributed by atoms with Crippen molar-refractivity contribution < 1.29 is 34.1 Å². The summed E-state index contributed by atoms with van der Waals surface area (Å²) in [6.45, 7) is 14.0. The van der Waals surface area contributed by atoms with Gasteiger partial charge in [-0.15, -0.1) is 0 Å². The predicted octanol–water partition coefficient (Wildman–Crippen LogP) is 4.07. The quantitative estimate of drug-likeness (QED) is 0.401. The molecule has 0 saturated carbocycles. The highest BCUT2D eigenvalue weighted by Gasteiger charge is 2.44. The number of thioether (sulfide) groups is 1. The van der Waals surface area contributed by atoms with Crippen LogP contribution in [-0.2, 0) is 23.9 Å². The number of amides is 1. The molecule has 1 amide bonds. The molecule has 37 heavy (non-hydrogen) atoms. The summed E-state index contributed by atoms with van der Waals surface area (Å²) in [7, 11) is 0. The monoisotopic (exact) mass is 535 g/mol. The second-order valence-corrected chi connectivity index (χ2v) is 12.2. The number of epoxide rings is 1. The Labute approximate surface area is 224 Å². The highest BCUT2D eigenvalue weighted by Crippen LogP contribution is 2.38. The second-order valence-electron chi connectivity index (χ2n) is 11.2. The van der Waals surface area contributed by atoms with Gasteiger partial charge in [-0.25, -0.2) is 0 Å². The molecule has 0 aromatic carbocycles. The second kappa shape index (κ2) is 11.8. The van der Waals surface area contributed by atoms with Crippen LogP contribution in [0, 0.1) is 17.3 Å². The topological polar surface area (TPSA) is 117 Å². The van der Waals surface area contributed by atoms with E-state index in [1.54, 1.807) is 20.8 Å². The van der Waals surface area contributed by atoms with Crippen LogP contribution in [0.5, 0.6) is 0 Å². The summed E-state index contributed by atoms with van der Waals surface area (Å²) in [5, 5.41) is 24.1. The summed E-state index contributed by atoms with van der Waals surface area (Å²) < 4.78 is 11.7. The normalized spacial score (nSPS) is 36.1. The summed E-state index contributed by atoms with van der Waals surface area (Å²) in [5.74, 6) is -1.83. The van der Waals surface area contributed by atoms with Crippen molar-refractivity contribution in [3.8, 4) is 0 Å². The molecule has 0 radical (unpaired) electrons. The molecule has 3 heterocycles. The summed E-state index contributed by atoms with van der Waals surface area (Å²) in [6.07, 6.45) is 1.57. The zero-order valence-corrected chi connectivity index (χ0v) is 23.5. The molecular formula is C28H41NO7S. The SMILES string of the molecule is C=C1SC=C(C=C(C)C2CC3OC3CCCC(C)C(O)C(C)C(=O)C(C)(C)C(O)CC(=O)O2)N1C(C)=O. The fourth-order valence-corrected chi connectivity index (χ4v) is 5.94. The highest BCUT2D eigenvalue weighted by atomic mass is 32.2. The molecule has 0 spiro atoms. The third-order valence-electron chi connectivity index (χ3n) is 7.91.